The summed E-state index contributed by atoms with van der Waals surface area (Å²) in [5.74, 6) is 0. The minimum Gasteiger partial charge on any atom is -0.444 e. The Morgan fingerprint density at radius 1 is 1.10 bits per heavy atom. The average molecular weight is 276 g/mol. The van der Waals surface area contributed by atoms with Gasteiger partial charge in [-0.3, -0.25) is 0 Å². The summed E-state index contributed by atoms with van der Waals surface area (Å²) < 4.78 is 5.41. The lowest BCUT2D eigenvalue weighted by Gasteiger charge is -2.37. The van der Waals surface area contributed by atoms with Crippen LogP contribution in [0.4, 0.5) is 10.5 Å². The van der Waals surface area contributed by atoms with E-state index in [0.717, 1.165) is 13.1 Å². The van der Waals surface area contributed by atoms with Crippen molar-refractivity contribution in [3.05, 3.63) is 29.8 Å². The summed E-state index contributed by atoms with van der Waals surface area (Å²) in [7, 11) is 0. The van der Waals surface area contributed by atoms with Crippen LogP contribution in [0.25, 0.3) is 0 Å². The number of hydrogen-bond donors (Lipinski definition) is 0. The van der Waals surface area contributed by atoms with Crippen LogP contribution in [0.5, 0.6) is 0 Å². The Kier molecular flexibility index (Phi) is 4.21. The number of para-hydroxylation sites is 1. The third kappa shape index (κ3) is 3.65. The third-order valence-electron chi connectivity index (χ3n) is 3.39. The van der Waals surface area contributed by atoms with Crippen molar-refractivity contribution in [1.29, 1.82) is 0 Å². The summed E-state index contributed by atoms with van der Waals surface area (Å²) in [5.41, 5.74) is 2.11. The number of piperazine rings is 1. The van der Waals surface area contributed by atoms with Gasteiger partial charge < -0.3 is 14.5 Å². The van der Waals surface area contributed by atoms with E-state index in [0.29, 0.717) is 13.1 Å². The zero-order chi connectivity index (χ0) is 14.8. The molecule has 0 aromatic heterocycles. The molecule has 2 rings (SSSR count). The highest BCUT2D eigenvalue weighted by molar-refractivity contribution is 5.68. The molecule has 1 aliphatic heterocycles. The summed E-state index contributed by atoms with van der Waals surface area (Å²) in [6, 6.07) is 8.37. The first-order valence-electron chi connectivity index (χ1n) is 7.15. The zero-order valence-corrected chi connectivity index (χ0v) is 12.8. The van der Waals surface area contributed by atoms with Gasteiger partial charge in [-0.25, -0.2) is 4.79 Å². The molecule has 0 atom stereocenters. The first-order chi connectivity index (χ1) is 9.37. The van der Waals surface area contributed by atoms with E-state index >= 15 is 0 Å². The van der Waals surface area contributed by atoms with E-state index in [1.807, 2.05) is 20.8 Å². The second-order valence-corrected chi connectivity index (χ2v) is 6.24. The van der Waals surface area contributed by atoms with E-state index in [4.69, 9.17) is 4.74 Å². The molecule has 0 radical (unpaired) electrons. The maximum absolute atomic E-state index is 12.0. The lowest BCUT2D eigenvalue weighted by atomic mass is 10.1. The van der Waals surface area contributed by atoms with Crippen molar-refractivity contribution < 1.29 is 9.53 Å². The molecule has 1 amide bonds. The van der Waals surface area contributed by atoms with Crippen LogP contribution >= 0.6 is 0 Å². The highest BCUT2D eigenvalue weighted by Gasteiger charge is 2.26. The minimum absolute atomic E-state index is 0.207. The van der Waals surface area contributed by atoms with Gasteiger partial charge in [0.1, 0.15) is 5.60 Å². The number of anilines is 1. The largest absolute Gasteiger partial charge is 0.444 e. The average Bonchev–Trinajstić information content (AvgIpc) is 2.37. The van der Waals surface area contributed by atoms with E-state index in [1.165, 1.54) is 11.3 Å². The monoisotopic (exact) mass is 276 g/mol. The molecule has 20 heavy (non-hydrogen) atoms. The molecule has 1 aliphatic rings. The minimum atomic E-state index is -0.426. The number of hydrogen-bond acceptors (Lipinski definition) is 3. The molecule has 1 fully saturated rings. The van der Waals surface area contributed by atoms with Crippen molar-refractivity contribution in [2.24, 2.45) is 0 Å². The first kappa shape index (κ1) is 14.7. The fourth-order valence-electron chi connectivity index (χ4n) is 2.37. The molecule has 1 aromatic rings. The van der Waals surface area contributed by atoms with Gasteiger partial charge in [-0.1, -0.05) is 18.2 Å². The summed E-state index contributed by atoms with van der Waals surface area (Å²) in [4.78, 5) is 16.1. The summed E-state index contributed by atoms with van der Waals surface area (Å²) in [6.45, 7) is 10.9. The highest BCUT2D eigenvalue weighted by atomic mass is 16.6. The number of ether oxygens (including phenoxy) is 1. The molecule has 1 aromatic carbocycles. The van der Waals surface area contributed by atoms with Crippen molar-refractivity contribution in [3.8, 4) is 0 Å². The van der Waals surface area contributed by atoms with E-state index in [2.05, 4.69) is 36.1 Å². The zero-order valence-electron chi connectivity index (χ0n) is 12.8. The van der Waals surface area contributed by atoms with Gasteiger partial charge in [-0.2, -0.15) is 0 Å². The standard InChI is InChI=1S/C16H24N2O2/c1-13-7-5-6-8-14(13)17-9-11-18(12-10-17)15(19)20-16(2,3)4/h5-8H,9-12H2,1-4H3. The number of nitrogens with zero attached hydrogens (tertiary/aromatic N) is 2. The lowest BCUT2D eigenvalue weighted by molar-refractivity contribution is 0.0240. The van der Waals surface area contributed by atoms with Gasteiger partial charge in [0.2, 0.25) is 0 Å². The van der Waals surface area contributed by atoms with Gasteiger partial charge in [0.15, 0.2) is 0 Å². The molecule has 0 saturated carbocycles. The second-order valence-electron chi connectivity index (χ2n) is 6.24. The number of carbonyl (C=O) groups is 1. The number of carbonyl (C=O) groups excluding carboxylic acids is 1. The van der Waals surface area contributed by atoms with Crippen molar-refractivity contribution >= 4 is 11.8 Å². The van der Waals surface area contributed by atoms with Gasteiger partial charge in [-0.15, -0.1) is 0 Å². The lowest BCUT2D eigenvalue weighted by Crippen LogP contribution is -2.50. The molecule has 0 N–H and O–H groups in total. The molecular weight excluding hydrogens is 252 g/mol. The number of amides is 1. The predicted octanol–water partition coefficient (Wildman–Crippen LogP) is 3.05. The van der Waals surface area contributed by atoms with E-state index < -0.39 is 5.60 Å². The van der Waals surface area contributed by atoms with E-state index in [1.54, 1.807) is 4.90 Å². The summed E-state index contributed by atoms with van der Waals surface area (Å²) in [5, 5.41) is 0. The smallest absolute Gasteiger partial charge is 0.410 e. The predicted molar refractivity (Wildman–Crippen MR) is 81.2 cm³/mol. The van der Waals surface area contributed by atoms with Crippen LogP contribution in [-0.4, -0.2) is 42.8 Å². The van der Waals surface area contributed by atoms with Gasteiger partial charge in [0.25, 0.3) is 0 Å². The molecule has 110 valence electrons. The Balaban J connectivity index is 1.93. The second kappa shape index (κ2) is 5.73. The van der Waals surface area contributed by atoms with Gasteiger partial charge in [0, 0.05) is 31.9 Å². The Morgan fingerprint density at radius 2 is 1.70 bits per heavy atom. The molecular formula is C16H24N2O2. The van der Waals surface area contributed by atoms with Crippen LogP contribution in [0.2, 0.25) is 0 Å². The molecule has 1 heterocycles. The van der Waals surface area contributed by atoms with E-state index in [-0.39, 0.29) is 6.09 Å². The van der Waals surface area contributed by atoms with Crippen LogP contribution in [0.3, 0.4) is 0 Å². The van der Waals surface area contributed by atoms with Crippen LogP contribution in [0.1, 0.15) is 26.3 Å². The first-order valence-corrected chi connectivity index (χ1v) is 7.15. The molecule has 0 spiro atoms. The Morgan fingerprint density at radius 3 is 2.25 bits per heavy atom. The van der Waals surface area contributed by atoms with Crippen molar-refractivity contribution in [3.63, 3.8) is 0 Å². The van der Waals surface area contributed by atoms with E-state index in [9.17, 15) is 4.79 Å². The maximum atomic E-state index is 12.0. The van der Waals surface area contributed by atoms with Gasteiger partial charge in [-0.05, 0) is 39.3 Å². The van der Waals surface area contributed by atoms with Gasteiger partial charge >= 0.3 is 6.09 Å². The number of rotatable bonds is 1. The number of aryl methyl sites for hydroxylation is 1. The Labute approximate surface area is 121 Å². The normalized spacial score (nSPS) is 16.2. The molecule has 0 aliphatic carbocycles. The fourth-order valence-corrected chi connectivity index (χ4v) is 2.37. The van der Waals surface area contributed by atoms with Crippen molar-refractivity contribution in [1.82, 2.24) is 4.90 Å². The molecule has 0 unspecified atom stereocenters. The van der Waals surface area contributed by atoms with Gasteiger partial charge in [0.05, 0.1) is 0 Å². The third-order valence-corrected chi connectivity index (χ3v) is 3.39. The number of benzene rings is 1. The maximum Gasteiger partial charge on any atom is 0.410 e. The molecule has 1 saturated heterocycles. The Bertz CT molecular complexity index is 472. The Hall–Kier alpha value is -1.71. The molecule has 0 bridgehead atoms. The van der Waals surface area contributed by atoms with Crippen LogP contribution < -0.4 is 4.90 Å². The summed E-state index contributed by atoms with van der Waals surface area (Å²) in [6.07, 6.45) is -0.207. The molecule has 4 heteroatoms. The van der Waals surface area contributed by atoms with Crippen LogP contribution in [0.15, 0.2) is 24.3 Å². The quantitative estimate of drug-likeness (QED) is 0.790. The molecule has 4 nitrogen and oxygen atoms in total. The highest BCUT2D eigenvalue weighted by Crippen LogP contribution is 2.21. The van der Waals surface area contributed by atoms with Crippen LogP contribution in [0, 0.1) is 6.92 Å². The van der Waals surface area contributed by atoms with Crippen LogP contribution in [-0.2, 0) is 4.74 Å². The SMILES string of the molecule is Cc1ccccc1N1CCN(C(=O)OC(C)(C)C)CC1. The fraction of sp³-hybridized carbons (Fsp3) is 0.562. The van der Waals surface area contributed by atoms with Crippen molar-refractivity contribution in [2.45, 2.75) is 33.3 Å². The van der Waals surface area contributed by atoms with Crippen molar-refractivity contribution in [2.75, 3.05) is 31.1 Å². The topological polar surface area (TPSA) is 32.8 Å². The summed E-state index contributed by atoms with van der Waals surface area (Å²) >= 11 is 0.